The van der Waals surface area contributed by atoms with Crippen LogP contribution in [-0.2, 0) is 13.0 Å². The Kier molecular flexibility index (Phi) is 4.57. The minimum Gasteiger partial charge on any atom is -0.423 e. The Hall–Kier alpha value is -3.50. The van der Waals surface area contributed by atoms with Gasteiger partial charge in [0.25, 0.3) is 5.95 Å². The molecule has 5 rings (SSSR count). The Morgan fingerprint density at radius 2 is 2.03 bits per heavy atom. The predicted molar refractivity (Wildman–Crippen MR) is 112 cm³/mol. The Labute approximate surface area is 171 Å². The van der Waals surface area contributed by atoms with E-state index in [1.165, 1.54) is 12.1 Å². The molecule has 0 amide bonds. The van der Waals surface area contributed by atoms with Crippen molar-refractivity contribution < 1.29 is 14.4 Å². The second-order valence-electron chi connectivity index (χ2n) is 7.06. The maximum atomic E-state index is 13.5. The number of hydrogen-bond donors (Lipinski definition) is 4. The zero-order valence-electron chi connectivity index (χ0n) is 15.9. The van der Waals surface area contributed by atoms with Crippen molar-refractivity contribution in [2.75, 3.05) is 17.2 Å². The lowest BCUT2D eigenvalue weighted by atomic mass is 9.78. The molecule has 4 aromatic rings. The molecule has 4 N–H and O–H groups in total. The Bertz CT molecular complexity index is 1250. The number of benzene rings is 2. The van der Waals surface area contributed by atoms with E-state index >= 15 is 0 Å². The number of anilines is 2. The van der Waals surface area contributed by atoms with Gasteiger partial charge < -0.3 is 20.7 Å². The first-order valence-corrected chi connectivity index (χ1v) is 9.56. The van der Waals surface area contributed by atoms with Crippen molar-refractivity contribution in [1.29, 1.82) is 0 Å². The van der Waals surface area contributed by atoms with Gasteiger partial charge in [0.15, 0.2) is 5.82 Å². The highest BCUT2D eigenvalue weighted by molar-refractivity contribution is 6.61. The molecule has 150 valence electrons. The molecule has 8 nitrogen and oxygen atoms in total. The zero-order valence-corrected chi connectivity index (χ0v) is 15.9. The Morgan fingerprint density at radius 1 is 1.17 bits per heavy atom. The van der Waals surface area contributed by atoms with E-state index in [2.05, 4.69) is 25.7 Å². The smallest absolute Gasteiger partial charge is 0.423 e. The maximum absolute atomic E-state index is 13.5. The van der Waals surface area contributed by atoms with Crippen LogP contribution in [0.15, 0.2) is 48.7 Å². The third-order valence-corrected chi connectivity index (χ3v) is 5.10. The van der Waals surface area contributed by atoms with E-state index in [1.807, 2.05) is 12.1 Å². The molecule has 0 saturated carbocycles. The highest BCUT2D eigenvalue weighted by atomic mass is 19.1. The molecule has 0 aliphatic carbocycles. The molecular weight excluding hydrogens is 386 g/mol. The van der Waals surface area contributed by atoms with Crippen molar-refractivity contribution in [3.8, 4) is 5.95 Å². The molecule has 1 aliphatic heterocycles. The Balaban J connectivity index is 1.55. The summed E-state index contributed by atoms with van der Waals surface area (Å²) < 4.78 is 15.1. The first-order chi connectivity index (χ1) is 14.6. The minimum absolute atomic E-state index is 0.286. The fraction of sp³-hybridized carbons (Fsp3) is 0.150. The number of fused-ring (bicyclic) bond motifs is 2. The van der Waals surface area contributed by atoms with Gasteiger partial charge in [-0.2, -0.15) is 14.8 Å². The zero-order chi connectivity index (χ0) is 20.7. The molecule has 30 heavy (non-hydrogen) atoms. The van der Waals surface area contributed by atoms with Gasteiger partial charge in [-0.1, -0.05) is 24.3 Å². The highest BCUT2D eigenvalue weighted by Crippen LogP contribution is 2.29. The van der Waals surface area contributed by atoms with Crippen LogP contribution in [0.5, 0.6) is 0 Å². The van der Waals surface area contributed by atoms with Gasteiger partial charge in [-0.3, -0.25) is 0 Å². The first kappa shape index (κ1) is 18.5. The van der Waals surface area contributed by atoms with Crippen LogP contribution >= 0.6 is 0 Å². The molecule has 2 aromatic carbocycles. The number of nitrogens with one attached hydrogen (secondary N) is 2. The maximum Gasteiger partial charge on any atom is 0.489 e. The standard InChI is InChI=1S/C20H18BFN6O2/c22-13-4-1-3-12(9-13)10-24-19-18-16(7-8-23-18)26-20(27-19)28-17-6-2-5-15(21(29)30)14(17)11-25-28/h1-6,9,11,23,29-30H,7-8,10H2,(H,24,26,27). The van der Waals surface area contributed by atoms with Crippen LogP contribution in [0, 0.1) is 5.82 Å². The normalized spacial score (nSPS) is 12.6. The van der Waals surface area contributed by atoms with E-state index < -0.39 is 7.12 Å². The molecule has 0 bridgehead atoms. The lowest BCUT2D eigenvalue weighted by molar-refractivity contribution is 0.426. The van der Waals surface area contributed by atoms with Gasteiger partial charge in [-0.25, -0.2) is 9.37 Å². The van der Waals surface area contributed by atoms with E-state index in [1.54, 1.807) is 29.1 Å². The largest absolute Gasteiger partial charge is 0.489 e. The summed E-state index contributed by atoms with van der Waals surface area (Å²) in [4.78, 5) is 9.30. The Morgan fingerprint density at radius 3 is 2.87 bits per heavy atom. The minimum atomic E-state index is -1.60. The van der Waals surface area contributed by atoms with Crippen LogP contribution in [0.2, 0.25) is 0 Å². The van der Waals surface area contributed by atoms with Gasteiger partial charge in [-0.05, 0) is 29.2 Å². The third kappa shape index (κ3) is 3.25. The quantitative estimate of drug-likeness (QED) is 0.371. The molecule has 0 saturated heterocycles. The molecule has 2 aromatic heterocycles. The van der Waals surface area contributed by atoms with Crippen molar-refractivity contribution >= 4 is 35.0 Å². The second kappa shape index (κ2) is 7.40. The van der Waals surface area contributed by atoms with Gasteiger partial charge in [-0.15, -0.1) is 0 Å². The van der Waals surface area contributed by atoms with Crippen LogP contribution in [0.25, 0.3) is 16.9 Å². The van der Waals surface area contributed by atoms with E-state index in [9.17, 15) is 14.4 Å². The average molecular weight is 404 g/mol. The number of rotatable bonds is 5. The summed E-state index contributed by atoms with van der Waals surface area (Å²) in [5.74, 6) is 0.698. The van der Waals surface area contributed by atoms with E-state index in [0.717, 1.165) is 29.9 Å². The molecule has 0 atom stereocenters. The van der Waals surface area contributed by atoms with Crippen LogP contribution in [0.4, 0.5) is 15.9 Å². The van der Waals surface area contributed by atoms with Gasteiger partial charge in [0.1, 0.15) is 5.82 Å². The summed E-state index contributed by atoms with van der Waals surface area (Å²) in [5.41, 5.74) is 3.53. The van der Waals surface area contributed by atoms with Crippen molar-refractivity contribution in [2.24, 2.45) is 0 Å². The topological polar surface area (TPSA) is 108 Å². The number of aromatic nitrogens is 4. The molecule has 0 unspecified atom stereocenters. The van der Waals surface area contributed by atoms with Crippen LogP contribution in [0.3, 0.4) is 0 Å². The predicted octanol–water partition coefficient (Wildman–Crippen LogP) is 1.21. The summed E-state index contributed by atoms with van der Waals surface area (Å²) in [6.07, 6.45) is 2.32. The van der Waals surface area contributed by atoms with Gasteiger partial charge in [0, 0.05) is 24.9 Å². The van der Waals surface area contributed by atoms with Gasteiger partial charge >= 0.3 is 7.12 Å². The van der Waals surface area contributed by atoms with Crippen molar-refractivity contribution in [3.05, 3.63) is 65.7 Å². The van der Waals surface area contributed by atoms with Crippen molar-refractivity contribution in [1.82, 2.24) is 19.7 Å². The molecule has 0 fully saturated rings. The van der Waals surface area contributed by atoms with Crippen molar-refractivity contribution in [2.45, 2.75) is 13.0 Å². The molecule has 1 aliphatic rings. The molecule has 10 heteroatoms. The average Bonchev–Trinajstić information content (AvgIpc) is 3.38. The number of hydrogen-bond acceptors (Lipinski definition) is 7. The number of halogens is 1. The fourth-order valence-electron chi connectivity index (χ4n) is 3.68. The summed E-state index contributed by atoms with van der Waals surface area (Å²) in [5, 5.41) is 30.8. The summed E-state index contributed by atoms with van der Waals surface area (Å²) in [6, 6.07) is 11.6. The molecular formula is C20H18BFN6O2. The van der Waals surface area contributed by atoms with Gasteiger partial charge in [0.2, 0.25) is 0 Å². The monoisotopic (exact) mass is 404 g/mol. The first-order valence-electron chi connectivity index (χ1n) is 9.56. The fourth-order valence-corrected chi connectivity index (χ4v) is 3.68. The molecule has 0 radical (unpaired) electrons. The summed E-state index contributed by atoms with van der Waals surface area (Å²) in [7, 11) is -1.60. The third-order valence-electron chi connectivity index (χ3n) is 5.10. The number of nitrogens with zero attached hydrogens (tertiary/aromatic N) is 4. The van der Waals surface area contributed by atoms with Crippen LogP contribution < -0.4 is 16.1 Å². The summed E-state index contributed by atoms with van der Waals surface area (Å²) in [6.45, 7) is 1.16. The molecule has 3 heterocycles. The van der Waals surface area contributed by atoms with E-state index in [-0.39, 0.29) is 5.82 Å². The van der Waals surface area contributed by atoms with E-state index in [4.69, 9.17) is 0 Å². The van der Waals surface area contributed by atoms with E-state index in [0.29, 0.717) is 34.7 Å². The molecule has 0 spiro atoms. The highest BCUT2D eigenvalue weighted by Gasteiger charge is 2.22. The lowest BCUT2D eigenvalue weighted by Crippen LogP contribution is -2.30. The van der Waals surface area contributed by atoms with Crippen LogP contribution in [-0.4, -0.2) is 43.5 Å². The second-order valence-corrected chi connectivity index (χ2v) is 7.06. The van der Waals surface area contributed by atoms with Crippen LogP contribution in [0.1, 0.15) is 11.3 Å². The lowest BCUT2D eigenvalue weighted by Gasteiger charge is -2.13. The van der Waals surface area contributed by atoms with Crippen molar-refractivity contribution in [3.63, 3.8) is 0 Å². The summed E-state index contributed by atoms with van der Waals surface area (Å²) >= 11 is 0. The SMILES string of the molecule is OB(O)c1cccc2c1cnn2-c1nc2c(c(NCc3cccc(F)c3)n1)NCC2. The van der Waals surface area contributed by atoms with Gasteiger partial charge in [0.05, 0.1) is 23.1 Å².